The number of fused-ring (bicyclic) bond motifs is 2. The molecule has 4 aromatic rings. The molecule has 0 spiro atoms. The average molecular weight is 603 g/mol. The smallest absolute Gasteiger partial charge is 0.301 e. The molecule has 6 rings (SSSR count). The summed E-state index contributed by atoms with van der Waals surface area (Å²) in [4.78, 5) is 33.5. The maximum absolute atomic E-state index is 13.8. The number of aliphatic hydroxyl groups is 1. The van der Waals surface area contributed by atoms with Crippen LogP contribution in [0.4, 0.5) is 5.13 Å². The molecule has 43 heavy (non-hydrogen) atoms. The number of aromatic nitrogens is 1. The fourth-order valence-corrected chi connectivity index (χ4v) is 6.13. The van der Waals surface area contributed by atoms with Gasteiger partial charge in [-0.25, -0.2) is 4.98 Å². The van der Waals surface area contributed by atoms with Gasteiger partial charge in [0.1, 0.15) is 24.7 Å². The Morgan fingerprint density at radius 1 is 1.00 bits per heavy atom. The molecule has 2 aliphatic rings. The number of thiazole rings is 1. The molecule has 1 fully saturated rings. The lowest BCUT2D eigenvalue weighted by Gasteiger charge is -2.24. The molecule has 3 aromatic carbocycles. The second-order valence-electron chi connectivity index (χ2n) is 9.85. The number of aliphatic hydroxyl groups excluding tert-OH is 1. The van der Waals surface area contributed by atoms with Gasteiger partial charge in [-0.2, -0.15) is 0 Å². The van der Waals surface area contributed by atoms with Crippen molar-refractivity contribution in [3.05, 3.63) is 71.3 Å². The van der Waals surface area contributed by atoms with Gasteiger partial charge in [-0.1, -0.05) is 24.3 Å². The molecule has 10 nitrogen and oxygen atoms in total. The minimum absolute atomic E-state index is 0.0804. The average Bonchev–Trinajstić information content (AvgIpc) is 3.57. The number of nitrogens with zero attached hydrogens (tertiary/aromatic N) is 2. The number of rotatable bonds is 9. The van der Waals surface area contributed by atoms with Crippen molar-refractivity contribution in [3.63, 3.8) is 0 Å². The Bertz CT molecular complexity index is 1750. The fraction of sp³-hybridized carbons (Fsp3) is 0.281. The van der Waals surface area contributed by atoms with Crippen LogP contribution in [0.5, 0.6) is 28.7 Å². The van der Waals surface area contributed by atoms with Crippen LogP contribution < -0.4 is 28.6 Å². The van der Waals surface area contributed by atoms with E-state index in [1.807, 2.05) is 19.9 Å². The van der Waals surface area contributed by atoms with Crippen LogP contribution in [0, 0.1) is 0 Å². The SMILES string of the molecule is CCCOc1ccc([C@@H]2C(=C(O)c3ccc4c(c3)OCCO4)C(=O)C(=O)N2c2nc3ccc(OC)cc3s2)cc1OCC. The quantitative estimate of drug-likeness (QED) is 0.142. The zero-order valence-corrected chi connectivity index (χ0v) is 24.7. The van der Waals surface area contributed by atoms with E-state index >= 15 is 0 Å². The first-order valence-electron chi connectivity index (χ1n) is 14.0. The van der Waals surface area contributed by atoms with Crippen molar-refractivity contribution < 1.29 is 38.4 Å². The zero-order valence-electron chi connectivity index (χ0n) is 23.9. The Balaban J connectivity index is 1.53. The topological polar surface area (TPSA) is 117 Å². The van der Waals surface area contributed by atoms with Crippen LogP contribution in [0.3, 0.4) is 0 Å². The van der Waals surface area contributed by atoms with E-state index in [0.717, 1.165) is 11.1 Å². The van der Waals surface area contributed by atoms with E-state index in [2.05, 4.69) is 0 Å². The summed E-state index contributed by atoms with van der Waals surface area (Å²) in [6.07, 6.45) is 0.811. The van der Waals surface area contributed by atoms with E-state index in [1.54, 1.807) is 55.6 Å². The lowest BCUT2D eigenvalue weighted by molar-refractivity contribution is -0.132. The third kappa shape index (κ3) is 5.20. The number of amides is 1. The van der Waals surface area contributed by atoms with Gasteiger partial charge in [-0.05, 0) is 67.4 Å². The third-order valence-corrected chi connectivity index (χ3v) is 8.11. The van der Waals surface area contributed by atoms with E-state index in [9.17, 15) is 14.7 Å². The number of ether oxygens (including phenoxy) is 5. The largest absolute Gasteiger partial charge is 0.507 e. The molecule has 1 aromatic heterocycles. The predicted octanol–water partition coefficient (Wildman–Crippen LogP) is 5.89. The van der Waals surface area contributed by atoms with Crippen molar-refractivity contribution in [2.45, 2.75) is 26.3 Å². The molecular formula is C32H30N2O8S. The van der Waals surface area contributed by atoms with Crippen LogP contribution in [-0.4, -0.2) is 55.3 Å². The second kappa shape index (κ2) is 11.8. The van der Waals surface area contributed by atoms with Gasteiger partial charge in [0.15, 0.2) is 28.1 Å². The summed E-state index contributed by atoms with van der Waals surface area (Å²) in [6, 6.07) is 14.6. The number of benzene rings is 3. The highest BCUT2D eigenvalue weighted by Gasteiger charge is 2.48. The molecule has 1 N–H and O–H groups in total. The molecule has 11 heteroatoms. The van der Waals surface area contributed by atoms with Crippen molar-refractivity contribution in [1.82, 2.24) is 4.98 Å². The summed E-state index contributed by atoms with van der Waals surface area (Å²) in [7, 11) is 1.57. The Labute approximate surface area is 252 Å². The summed E-state index contributed by atoms with van der Waals surface area (Å²) in [5, 5.41) is 12.0. The lowest BCUT2D eigenvalue weighted by atomic mass is 9.95. The van der Waals surface area contributed by atoms with E-state index in [4.69, 9.17) is 28.7 Å². The summed E-state index contributed by atoms with van der Waals surface area (Å²) in [6.45, 7) is 5.52. The Kier molecular flexibility index (Phi) is 7.81. The highest BCUT2D eigenvalue weighted by atomic mass is 32.1. The van der Waals surface area contributed by atoms with Crippen LogP contribution in [0.15, 0.2) is 60.2 Å². The highest BCUT2D eigenvalue weighted by molar-refractivity contribution is 7.22. The normalized spacial score (nSPS) is 17.4. The van der Waals surface area contributed by atoms with Crippen molar-refractivity contribution in [3.8, 4) is 28.7 Å². The summed E-state index contributed by atoms with van der Waals surface area (Å²) >= 11 is 1.25. The van der Waals surface area contributed by atoms with E-state index < -0.39 is 17.7 Å². The number of carbonyl (C=O) groups is 2. The van der Waals surface area contributed by atoms with Gasteiger partial charge in [0.25, 0.3) is 5.78 Å². The first-order chi connectivity index (χ1) is 20.9. The van der Waals surface area contributed by atoms with Crippen LogP contribution in [-0.2, 0) is 9.59 Å². The minimum Gasteiger partial charge on any atom is -0.507 e. The van der Waals surface area contributed by atoms with Crippen LogP contribution in [0.25, 0.3) is 16.0 Å². The molecule has 222 valence electrons. The predicted molar refractivity (Wildman–Crippen MR) is 162 cm³/mol. The lowest BCUT2D eigenvalue weighted by Crippen LogP contribution is -2.29. The molecule has 1 atom stereocenters. The molecule has 1 saturated heterocycles. The molecule has 0 aliphatic carbocycles. The van der Waals surface area contributed by atoms with Crippen molar-refractivity contribution in [2.24, 2.45) is 0 Å². The van der Waals surface area contributed by atoms with Crippen molar-refractivity contribution in [2.75, 3.05) is 38.4 Å². The molecule has 3 heterocycles. The van der Waals surface area contributed by atoms with Crippen LogP contribution >= 0.6 is 11.3 Å². The molecule has 1 amide bonds. The maximum atomic E-state index is 13.8. The Hall–Kier alpha value is -4.77. The molecular weight excluding hydrogens is 572 g/mol. The number of hydrogen-bond donors (Lipinski definition) is 1. The molecule has 2 aliphatic heterocycles. The van der Waals surface area contributed by atoms with Gasteiger partial charge < -0.3 is 28.8 Å². The Morgan fingerprint density at radius 2 is 1.81 bits per heavy atom. The summed E-state index contributed by atoms with van der Waals surface area (Å²) in [5.41, 5.74) is 1.42. The van der Waals surface area contributed by atoms with Gasteiger partial charge in [-0.15, -0.1) is 0 Å². The molecule has 0 bridgehead atoms. The van der Waals surface area contributed by atoms with Crippen molar-refractivity contribution in [1.29, 1.82) is 0 Å². The number of hydrogen-bond acceptors (Lipinski definition) is 10. The second-order valence-corrected chi connectivity index (χ2v) is 10.9. The standard InChI is InChI=1S/C32H30N2O8S/c1-4-12-40-22-10-6-18(15-24(22)39-5-2)28-27(29(35)19-7-11-23-25(16-19)42-14-13-41-23)30(36)31(37)34(28)32-33-21-9-8-20(38-3)17-26(21)43-32/h6-11,15-17,28,35H,4-5,12-14H2,1-3H3/t28-/m1/s1. The molecule has 0 unspecified atom stereocenters. The van der Waals surface area contributed by atoms with Gasteiger partial charge >= 0.3 is 5.91 Å². The van der Waals surface area contributed by atoms with Gasteiger partial charge in [0, 0.05) is 5.56 Å². The zero-order chi connectivity index (χ0) is 30.1. The van der Waals surface area contributed by atoms with E-state index in [1.165, 1.54) is 16.2 Å². The molecule has 0 radical (unpaired) electrons. The third-order valence-electron chi connectivity index (χ3n) is 7.10. The number of anilines is 1. The number of Topliss-reactive ketones (excluding diaryl/α,β-unsaturated/α-hetero) is 1. The summed E-state index contributed by atoms with van der Waals surface area (Å²) in [5.74, 6) is 0.651. The first kappa shape index (κ1) is 28.4. The maximum Gasteiger partial charge on any atom is 0.301 e. The summed E-state index contributed by atoms with van der Waals surface area (Å²) < 4.78 is 29.2. The van der Waals surface area contributed by atoms with E-state index in [0.29, 0.717) is 77.0 Å². The van der Waals surface area contributed by atoms with Gasteiger partial charge in [0.05, 0.1) is 42.2 Å². The van der Waals surface area contributed by atoms with Crippen LogP contribution in [0.2, 0.25) is 0 Å². The van der Waals surface area contributed by atoms with E-state index in [-0.39, 0.29) is 11.3 Å². The first-order valence-corrected chi connectivity index (χ1v) is 14.8. The van der Waals surface area contributed by atoms with Gasteiger partial charge in [-0.3, -0.25) is 14.5 Å². The highest BCUT2D eigenvalue weighted by Crippen LogP contribution is 2.46. The minimum atomic E-state index is -1.00. The number of methoxy groups -OCH3 is 1. The fourth-order valence-electron chi connectivity index (χ4n) is 5.11. The molecule has 0 saturated carbocycles. The van der Waals surface area contributed by atoms with Crippen molar-refractivity contribution >= 4 is 44.1 Å². The number of carbonyl (C=O) groups excluding carboxylic acids is 2. The Morgan fingerprint density at radius 3 is 2.58 bits per heavy atom. The van der Waals surface area contributed by atoms with Gasteiger partial charge in [0.2, 0.25) is 0 Å². The monoisotopic (exact) mass is 602 g/mol. The number of ketones is 1. The van der Waals surface area contributed by atoms with Crippen LogP contribution in [0.1, 0.15) is 37.4 Å².